The average molecular weight is 181 g/mol. The molecule has 0 atom stereocenters. The van der Waals surface area contributed by atoms with E-state index < -0.39 is 0 Å². The van der Waals surface area contributed by atoms with E-state index in [1.165, 1.54) is 32.2 Å². The fraction of sp³-hybridized carbons (Fsp3) is 0.727. The highest BCUT2D eigenvalue weighted by molar-refractivity contribution is 5.55. The Bertz CT molecular complexity index is 194. The molecule has 13 heavy (non-hydrogen) atoms. The molecule has 0 aromatic heterocycles. The Hall–Kier alpha value is -0.790. The Morgan fingerprint density at radius 2 is 2.15 bits per heavy atom. The molecule has 0 bridgehead atoms. The fourth-order valence-corrected chi connectivity index (χ4v) is 1.46. The number of rotatable bonds is 5. The number of hydrogen-bond acceptors (Lipinski definition) is 1. The number of nitrogens with zero attached hydrogens (tertiary/aromatic N) is 2. The molecule has 0 aromatic rings. The highest BCUT2D eigenvalue weighted by Gasteiger charge is 2.05. The van der Waals surface area contributed by atoms with Gasteiger partial charge in [-0.15, -0.1) is 0 Å². The second-order valence-electron chi connectivity index (χ2n) is 3.70. The third-order valence-electron chi connectivity index (χ3n) is 2.42. The van der Waals surface area contributed by atoms with E-state index in [9.17, 15) is 0 Å². The number of hydrogen-bond donors (Lipinski definition) is 0. The molecule has 0 aromatic carbocycles. The molecule has 1 aliphatic heterocycles. The first-order valence-corrected chi connectivity index (χ1v) is 5.30. The van der Waals surface area contributed by atoms with Crippen molar-refractivity contribution in [2.45, 2.75) is 32.6 Å². The van der Waals surface area contributed by atoms with Crippen molar-refractivity contribution < 1.29 is 4.58 Å². The smallest absolute Gasteiger partial charge is 0.184 e. The maximum absolute atomic E-state index is 2.37. The van der Waals surface area contributed by atoms with Gasteiger partial charge in [0.2, 0.25) is 0 Å². The van der Waals surface area contributed by atoms with Gasteiger partial charge in [0.05, 0.1) is 12.7 Å². The summed E-state index contributed by atoms with van der Waals surface area (Å²) in [4.78, 5) is 2.37. The first-order chi connectivity index (χ1) is 6.33. The summed E-state index contributed by atoms with van der Waals surface area (Å²) < 4.78 is 2.11. The SMILES string of the molecule is CCCCCCN1C=C[N+](C)=CC1. The van der Waals surface area contributed by atoms with Crippen molar-refractivity contribution in [3.63, 3.8) is 0 Å². The lowest BCUT2D eigenvalue weighted by atomic mass is 10.2. The molecule has 0 unspecified atom stereocenters. The quantitative estimate of drug-likeness (QED) is 0.465. The summed E-state index contributed by atoms with van der Waals surface area (Å²) in [6, 6.07) is 0. The van der Waals surface area contributed by atoms with Crippen molar-refractivity contribution in [1.29, 1.82) is 0 Å². The van der Waals surface area contributed by atoms with Crippen LogP contribution in [-0.2, 0) is 0 Å². The summed E-state index contributed by atoms with van der Waals surface area (Å²) in [5.74, 6) is 0. The van der Waals surface area contributed by atoms with Crippen molar-refractivity contribution in [2.24, 2.45) is 0 Å². The molecule has 2 heteroatoms. The summed E-state index contributed by atoms with van der Waals surface area (Å²) in [5, 5.41) is 0. The zero-order chi connectivity index (χ0) is 9.52. The van der Waals surface area contributed by atoms with Crippen LogP contribution in [0.4, 0.5) is 0 Å². The Kier molecular flexibility index (Phi) is 4.58. The maximum atomic E-state index is 2.37. The lowest BCUT2D eigenvalue weighted by Crippen LogP contribution is -2.26. The monoisotopic (exact) mass is 181 g/mol. The molecule has 0 saturated carbocycles. The second kappa shape index (κ2) is 5.79. The van der Waals surface area contributed by atoms with Gasteiger partial charge in [-0.3, -0.25) is 0 Å². The standard InChI is InChI=1S/C11H21N2/c1-3-4-5-6-7-13-10-8-12(2)9-11-13/h8-10H,3-7,11H2,1-2H3/q+1. The summed E-state index contributed by atoms with van der Waals surface area (Å²) >= 11 is 0. The molecular formula is C11H21N2+. The van der Waals surface area contributed by atoms with E-state index in [1.54, 1.807) is 0 Å². The van der Waals surface area contributed by atoms with Crippen LogP contribution in [-0.4, -0.2) is 35.8 Å². The molecule has 0 N–H and O–H groups in total. The largest absolute Gasteiger partial charge is 0.363 e. The van der Waals surface area contributed by atoms with Crippen molar-refractivity contribution in [3.8, 4) is 0 Å². The van der Waals surface area contributed by atoms with Crippen LogP contribution in [0.5, 0.6) is 0 Å². The first-order valence-electron chi connectivity index (χ1n) is 5.30. The van der Waals surface area contributed by atoms with E-state index in [0.717, 1.165) is 6.54 Å². The van der Waals surface area contributed by atoms with Crippen LogP contribution in [0.1, 0.15) is 32.6 Å². The predicted octanol–water partition coefficient (Wildman–Crippen LogP) is 2.07. The predicted molar refractivity (Wildman–Crippen MR) is 57.1 cm³/mol. The third kappa shape index (κ3) is 4.11. The van der Waals surface area contributed by atoms with Crippen molar-refractivity contribution in [3.05, 3.63) is 12.4 Å². The molecule has 1 heterocycles. The van der Waals surface area contributed by atoms with Gasteiger partial charge in [-0.05, 0) is 6.42 Å². The highest BCUT2D eigenvalue weighted by Crippen LogP contribution is 2.02. The van der Waals surface area contributed by atoms with Crippen LogP contribution in [0.2, 0.25) is 0 Å². The molecule has 0 amide bonds. The maximum Gasteiger partial charge on any atom is 0.184 e. The van der Waals surface area contributed by atoms with Crippen LogP contribution < -0.4 is 0 Å². The molecule has 0 saturated heterocycles. The van der Waals surface area contributed by atoms with E-state index in [2.05, 4.69) is 42.1 Å². The zero-order valence-electron chi connectivity index (χ0n) is 8.87. The lowest BCUT2D eigenvalue weighted by molar-refractivity contribution is -0.421. The van der Waals surface area contributed by atoms with E-state index >= 15 is 0 Å². The molecule has 0 aliphatic carbocycles. The van der Waals surface area contributed by atoms with E-state index in [1.807, 2.05) is 0 Å². The minimum absolute atomic E-state index is 1.07. The van der Waals surface area contributed by atoms with Crippen LogP contribution in [0.25, 0.3) is 0 Å². The normalized spacial score (nSPS) is 16.2. The molecule has 0 fully saturated rings. The van der Waals surface area contributed by atoms with Gasteiger partial charge in [-0.2, -0.15) is 0 Å². The second-order valence-corrected chi connectivity index (χ2v) is 3.70. The Morgan fingerprint density at radius 1 is 1.31 bits per heavy atom. The molecule has 1 rings (SSSR count). The molecule has 2 nitrogen and oxygen atoms in total. The van der Waals surface area contributed by atoms with E-state index in [0.29, 0.717) is 0 Å². The van der Waals surface area contributed by atoms with Crippen LogP contribution in [0, 0.1) is 0 Å². The molecular weight excluding hydrogens is 160 g/mol. The lowest BCUT2D eigenvalue weighted by Gasteiger charge is -2.18. The molecule has 0 spiro atoms. The topological polar surface area (TPSA) is 6.25 Å². The van der Waals surface area contributed by atoms with Crippen LogP contribution in [0.15, 0.2) is 12.4 Å². The van der Waals surface area contributed by atoms with E-state index in [4.69, 9.17) is 0 Å². The van der Waals surface area contributed by atoms with Crippen molar-refractivity contribution in [2.75, 3.05) is 20.1 Å². The number of unbranched alkanes of at least 4 members (excludes halogenated alkanes) is 3. The fourth-order valence-electron chi connectivity index (χ4n) is 1.46. The highest BCUT2D eigenvalue weighted by atomic mass is 15.1. The van der Waals surface area contributed by atoms with Gasteiger partial charge < -0.3 is 4.90 Å². The molecule has 0 radical (unpaired) electrons. The van der Waals surface area contributed by atoms with Crippen molar-refractivity contribution >= 4 is 6.21 Å². The minimum atomic E-state index is 1.07. The van der Waals surface area contributed by atoms with Crippen molar-refractivity contribution in [1.82, 2.24) is 4.90 Å². The molecule has 1 aliphatic rings. The van der Waals surface area contributed by atoms with E-state index in [-0.39, 0.29) is 0 Å². The summed E-state index contributed by atoms with van der Waals surface area (Å²) in [5.41, 5.74) is 0. The Morgan fingerprint density at radius 3 is 2.77 bits per heavy atom. The van der Waals surface area contributed by atoms with Gasteiger partial charge in [0.1, 0.15) is 7.05 Å². The average Bonchev–Trinajstić information content (AvgIpc) is 2.15. The third-order valence-corrected chi connectivity index (χ3v) is 2.42. The van der Waals surface area contributed by atoms with Gasteiger partial charge in [0, 0.05) is 6.54 Å². The van der Waals surface area contributed by atoms with Gasteiger partial charge in [-0.25, -0.2) is 4.58 Å². The van der Waals surface area contributed by atoms with Gasteiger partial charge in [0.25, 0.3) is 0 Å². The van der Waals surface area contributed by atoms with Gasteiger partial charge in [0.15, 0.2) is 12.4 Å². The van der Waals surface area contributed by atoms with Crippen LogP contribution in [0.3, 0.4) is 0 Å². The Labute approximate surface area is 81.6 Å². The minimum Gasteiger partial charge on any atom is -0.363 e. The summed E-state index contributed by atoms with van der Waals surface area (Å²) in [7, 11) is 2.07. The van der Waals surface area contributed by atoms with Crippen LogP contribution >= 0.6 is 0 Å². The first kappa shape index (κ1) is 10.3. The van der Waals surface area contributed by atoms with Gasteiger partial charge >= 0.3 is 0 Å². The Balaban J connectivity index is 2.07. The molecule has 74 valence electrons. The van der Waals surface area contributed by atoms with Gasteiger partial charge in [-0.1, -0.05) is 26.2 Å². The zero-order valence-corrected chi connectivity index (χ0v) is 8.87. The summed E-state index contributed by atoms with van der Waals surface area (Å²) in [6.45, 7) is 4.53. The summed E-state index contributed by atoms with van der Waals surface area (Å²) in [6.07, 6.45) is 11.9.